The minimum Gasteiger partial charge on any atom is -0.480 e. The van der Waals surface area contributed by atoms with E-state index in [1.54, 1.807) is 0 Å². The van der Waals surface area contributed by atoms with Gasteiger partial charge < -0.3 is 21.3 Å². The highest BCUT2D eigenvalue weighted by Gasteiger charge is 2.18. The molecule has 2 heterocycles. The topological polar surface area (TPSA) is 116 Å². The van der Waals surface area contributed by atoms with Crippen molar-refractivity contribution in [2.24, 2.45) is 11.5 Å². The Morgan fingerprint density at radius 1 is 0.839 bits per heavy atom. The van der Waals surface area contributed by atoms with Crippen molar-refractivity contribution < 1.29 is 19.4 Å². The Morgan fingerprint density at radius 3 is 1.65 bits per heavy atom. The van der Waals surface area contributed by atoms with E-state index in [0.717, 1.165) is 25.0 Å². The van der Waals surface area contributed by atoms with Gasteiger partial charge in [0.25, 0.3) is 0 Å². The number of fused-ring (bicyclic) bond motifs is 2. The van der Waals surface area contributed by atoms with Crippen molar-refractivity contribution in [1.29, 1.82) is 0 Å². The fraction of sp³-hybridized carbons (Fsp3) is 0.143. The highest BCUT2D eigenvalue weighted by molar-refractivity contribution is 7.19. The third-order valence-corrected chi connectivity index (χ3v) is 6.62. The molecule has 0 bridgehead atoms. The fourth-order valence-corrected chi connectivity index (χ4v) is 4.79. The molecule has 0 aliphatic heterocycles. The molecule has 0 spiro atoms. The lowest BCUT2D eigenvalue weighted by Gasteiger charge is -2.05. The summed E-state index contributed by atoms with van der Waals surface area (Å²) in [6.07, 6.45) is 0. The summed E-state index contributed by atoms with van der Waals surface area (Å²) in [4.78, 5) is 23.4. The van der Waals surface area contributed by atoms with E-state index < -0.39 is 24.0 Å². The lowest BCUT2D eigenvalue weighted by Crippen LogP contribution is -2.21. The number of esters is 1. The fourth-order valence-electron chi connectivity index (χ4n) is 2.68. The van der Waals surface area contributed by atoms with Gasteiger partial charge in [0.1, 0.15) is 12.1 Å². The van der Waals surface area contributed by atoms with Crippen LogP contribution in [-0.4, -0.2) is 24.2 Å². The molecule has 10 heteroatoms. The summed E-state index contributed by atoms with van der Waals surface area (Å²) >= 11 is 2.95. The number of hydrogen-bond donors (Lipinski definition) is 3. The van der Waals surface area contributed by atoms with Crippen LogP contribution in [0.3, 0.4) is 0 Å². The summed E-state index contributed by atoms with van der Waals surface area (Å²) < 4.78 is 6.81. The van der Waals surface area contributed by atoms with Gasteiger partial charge in [-0.25, -0.2) is 4.79 Å². The second-order valence-corrected chi connectivity index (χ2v) is 8.42. The highest BCUT2D eigenvalue weighted by atomic mass is 35.5. The van der Waals surface area contributed by atoms with Crippen molar-refractivity contribution in [1.82, 2.24) is 0 Å². The molecule has 0 amide bonds. The van der Waals surface area contributed by atoms with Crippen LogP contribution >= 0.6 is 47.5 Å². The number of carboxylic acids is 1. The van der Waals surface area contributed by atoms with Gasteiger partial charge >= 0.3 is 11.9 Å². The number of carboxylic acid groups (broad SMARTS) is 1. The molecule has 0 radical (unpaired) electrons. The number of carbonyl (C=O) groups is 2. The number of ether oxygens (including phenoxy) is 1. The van der Waals surface area contributed by atoms with Gasteiger partial charge in [-0.3, -0.25) is 4.79 Å². The highest BCUT2D eigenvalue weighted by Crippen LogP contribution is 2.29. The predicted molar refractivity (Wildman–Crippen MR) is 132 cm³/mol. The summed E-state index contributed by atoms with van der Waals surface area (Å²) in [6.45, 7) is 0. The largest absolute Gasteiger partial charge is 0.480 e. The minimum absolute atomic E-state index is 0. The van der Waals surface area contributed by atoms with Crippen LogP contribution in [0.5, 0.6) is 0 Å². The molecule has 2 aromatic carbocycles. The van der Waals surface area contributed by atoms with Crippen molar-refractivity contribution in [3.8, 4) is 0 Å². The van der Waals surface area contributed by atoms with E-state index in [1.807, 2.05) is 60.7 Å². The Balaban J connectivity index is 0.000000292. The van der Waals surface area contributed by atoms with Crippen molar-refractivity contribution >= 4 is 79.6 Å². The number of thiophene rings is 2. The first kappa shape index (κ1) is 26.8. The number of halogens is 2. The van der Waals surface area contributed by atoms with Gasteiger partial charge in [-0.1, -0.05) is 36.4 Å². The molecule has 0 aliphatic rings. The molecule has 2 unspecified atom stereocenters. The van der Waals surface area contributed by atoms with Crippen LogP contribution in [0.2, 0.25) is 0 Å². The standard InChI is InChI=1S/C11H11NO2S.C10H9NO2S.2ClH/c1-14-11(13)10(12)9-6-7-4-2-3-5-8(7)15-9;11-9(10(12)13)8-5-6-3-1-2-4-7(6)14-8;;/h2-6,10H,12H2,1H3;1-5,9H,11H2,(H,12,13);2*1H. The molecular weight excluding hydrogens is 479 g/mol. The van der Waals surface area contributed by atoms with Gasteiger partial charge in [-0.05, 0) is 35.0 Å². The first-order valence-electron chi connectivity index (χ1n) is 8.69. The molecule has 6 nitrogen and oxygen atoms in total. The molecule has 4 rings (SSSR count). The third-order valence-electron chi connectivity index (χ3n) is 4.22. The Kier molecular flexibility index (Phi) is 10.4. The van der Waals surface area contributed by atoms with Crippen LogP contribution in [-0.2, 0) is 14.3 Å². The minimum atomic E-state index is -0.989. The van der Waals surface area contributed by atoms with Gasteiger partial charge in [0.05, 0.1) is 7.11 Å². The lowest BCUT2D eigenvalue weighted by molar-refractivity contribution is -0.142. The Hall–Kier alpha value is -2.20. The molecule has 4 aromatic rings. The number of methoxy groups -OCH3 is 1. The van der Waals surface area contributed by atoms with Crippen molar-refractivity contribution in [2.75, 3.05) is 7.11 Å². The Morgan fingerprint density at radius 2 is 1.26 bits per heavy atom. The van der Waals surface area contributed by atoms with E-state index in [2.05, 4.69) is 4.74 Å². The second-order valence-electron chi connectivity index (χ2n) is 6.19. The maximum absolute atomic E-state index is 11.2. The number of nitrogens with two attached hydrogens (primary N) is 2. The van der Waals surface area contributed by atoms with E-state index >= 15 is 0 Å². The molecule has 0 aliphatic carbocycles. The number of aliphatic carboxylic acids is 1. The van der Waals surface area contributed by atoms with Crippen molar-refractivity contribution in [3.05, 3.63) is 70.4 Å². The lowest BCUT2D eigenvalue weighted by atomic mass is 10.2. The Bertz CT molecular complexity index is 1100. The zero-order valence-electron chi connectivity index (χ0n) is 16.4. The number of hydrogen-bond acceptors (Lipinski definition) is 7. The monoisotopic (exact) mass is 500 g/mol. The number of carbonyl (C=O) groups excluding carboxylic acids is 1. The molecule has 31 heavy (non-hydrogen) atoms. The average molecular weight is 501 g/mol. The summed E-state index contributed by atoms with van der Waals surface area (Å²) in [5, 5.41) is 10.9. The van der Waals surface area contributed by atoms with Gasteiger partial charge in [0, 0.05) is 19.2 Å². The maximum atomic E-state index is 11.2. The molecule has 2 atom stereocenters. The summed E-state index contributed by atoms with van der Waals surface area (Å²) in [5.41, 5.74) is 11.3. The molecular formula is C21H22Cl2N2O4S2. The van der Waals surface area contributed by atoms with Crippen molar-refractivity contribution in [2.45, 2.75) is 12.1 Å². The zero-order valence-corrected chi connectivity index (χ0v) is 19.7. The van der Waals surface area contributed by atoms with Gasteiger partial charge in [0.2, 0.25) is 0 Å². The Labute approximate surface area is 199 Å². The van der Waals surface area contributed by atoms with Crippen LogP contribution in [0.4, 0.5) is 0 Å². The summed E-state index contributed by atoms with van der Waals surface area (Å²) in [6, 6.07) is 17.9. The van der Waals surface area contributed by atoms with E-state index in [-0.39, 0.29) is 24.8 Å². The zero-order chi connectivity index (χ0) is 21.0. The van der Waals surface area contributed by atoms with E-state index in [1.165, 1.54) is 29.8 Å². The first-order chi connectivity index (χ1) is 13.9. The second kappa shape index (κ2) is 12.0. The number of benzene rings is 2. The van der Waals surface area contributed by atoms with Gasteiger partial charge in [0.15, 0.2) is 0 Å². The molecule has 0 saturated carbocycles. The molecule has 166 valence electrons. The average Bonchev–Trinajstić information content (AvgIpc) is 3.36. The quantitative estimate of drug-likeness (QED) is 0.343. The van der Waals surface area contributed by atoms with Gasteiger partial charge in [-0.2, -0.15) is 0 Å². The van der Waals surface area contributed by atoms with Crippen LogP contribution in [0.25, 0.3) is 20.2 Å². The normalized spacial score (nSPS) is 12.0. The van der Waals surface area contributed by atoms with Crippen LogP contribution < -0.4 is 11.5 Å². The predicted octanol–water partition coefficient (Wildman–Crippen LogP) is 4.90. The van der Waals surface area contributed by atoms with E-state index in [9.17, 15) is 9.59 Å². The van der Waals surface area contributed by atoms with E-state index in [0.29, 0.717) is 4.88 Å². The summed E-state index contributed by atoms with van der Waals surface area (Å²) in [5.74, 6) is -1.39. The summed E-state index contributed by atoms with van der Waals surface area (Å²) in [7, 11) is 1.34. The third kappa shape index (κ3) is 6.39. The van der Waals surface area contributed by atoms with Crippen LogP contribution in [0.15, 0.2) is 60.7 Å². The SMILES string of the molecule is COC(=O)C(N)c1cc2ccccc2s1.Cl.Cl.NC(C(=O)O)c1cc2ccccc2s1. The van der Waals surface area contributed by atoms with Crippen LogP contribution in [0.1, 0.15) is 21.8 Å². The van der Waals surface area contributed by atoms with Crippen molar-refractivity contribution in [3.63, 3.8) is 0 Å². The van der Waals surface area contributed by atoms with E-state index in [4.69, 9.17) is 16.6 Å². The van der Waals surface area contributed by atoms with Gasteiger partial charge in [-0.15, -0.1) is 47.5 Å². The van der Waals surface area contributed by atoms with Crippen LogP contribution in [0, 0.1) is 0 Å². The number of rotatable bonds is 4. The smallest absolute Gasteiger partial charge is 0.328 e. The molecule has 5 N–H and O–H groups in total. The molecule has 0 fully saturated rings. The first-order valence-corrected chi connectivity index (χ1v) is 10.3. The molecule has 0 saturated heterocycles. The molecule has 2 aromatic heterocycles. The maximum Gasteiger partial charge on any atom is 0.328 e.